The Labute approximate surface area is 133 Å². The highest BCUT2D eigenvalue weighted by Crippen LogP contribution is 2.28. The molecule has 4 heteroatoms. The average Bonchev–Trinajstić information content (AvgIpc) is 2.50. The fourth-order valence-corrected chi connectivity index (χ4v) is 2.98. The number of fused-ring (bicyclic) bond motifs is 1. The van der Waals surface area contributed by atoms with Crippen LogP contribution in [0.5, 0.6) is 0 Å². The first kappa shape index (κ1) is 17.0. The Morgan fingerprint density at radius 3 is 2.77 bits per heavy atom. The number of carbonyl (C=O) groups excluding carboxylic acids is 1. The van der Waals surface area contributed by atoms with Crippen LogP contribution in [0, 0.1) is 0 Å². The molecule has 1 N–H and O–H groups in total. The SMILES string of the molecule is COCCOCCCC(=O)N[C@]1(C)CCc2ccccc2C1. The highest BCUT2D eigenvalue weighted by atomic mass is 16.5. The van der Waals surface area contributed by atoms with E-state index in [9.17, 15) is 4.79 Å². The Hall–Kier alpha value is -1.39. The van der Waals surface area contributed by atoms with E-state index in [2.05, 4.69) is 36.5 Å². The molecule has 0 unspecified atom stereocenters. The summed E-state index contributed by atoms with van der Waals surface area (Å²) in [4.78, 5) is 12.1. The number of rotatable bonds is 8. The summed E-state index contributed by atoms with van der Waals surface area (Å²) in [6.45, 7) is 3.95. The molecule has 122 valence electrons. The Morgan fingerprint density at radius 1 is 1.23 bits per heavy atom. The maximum atomic E-state index is 12.1. The summed E-state index contributed by atoms with van der Waals surface area (Å²) in [6, 6.07) is 8.52. The maximum Gasteiger partial charge on any atom is 0.220 e. The first-order chi connectivity index (χ1) is 10.6. The Morgan fingerprint density at radius 2 is 2.00 bits per heavy atom. The van der Waals surface area contributed by atoms with Crippen LogP contribution in [0.2, 0.25) is 0 Å². The standard InChI is InChI=1S/C18H27NO3/c1-18(10-9-15-6-3-4-7-16(15)14-18)19-17(20)8-5-11-22-13-12-21-2/h3-4,6-7H,5,8-14H2,1-2H3,(H,19,20)/t18-/m1/s1. The van der Waals surface area contributed by atoms with Gasteiger partial charge in [0.25, 0.3) is 0 Å². The summed E-state index contributed by atoms with van der Waals surface area (Å²) in [6.07, 6.45) is 4.22. The second-order valence-corrected chi connectivity index (χ2v) is 6.26. The quantitative estimate of drug-likeness (QED) is 0.751. The summed E-state index contributed by atoms with van der Waals surface area (Å²) in [5.74, 6) is 0.122. The van der Waals surface area contributed by atoms with Crippen LogP contribution in [-0.2, 0) is 27.1 Å². The van der Waals surface area contributed by atoms with E-state index in [1.807, 2.05) is 0 Å². The number of benzene rings is 1. The van der Waals surface area contributed by atoms with E-state index in [4.69, 9.17) is 9.47 Å². The first-order valence-electron chi connectivity index (χ1n) is 8.07. The van der Waals surface area contributed by atoms with Crippen LogP contribution in [0.25, 0.3) is 0 Å². The van der Waals surface area contributed by atoms with E-state index >= 15 is 0 Å². The molecule has 0 saturated heterocycles. The Bertz CT molecular complexity index is 489. The third-order valence-electron chi connectivity index (χ3n) is 4.21. The highest BCUT2D eigenvalue weighted by Gasteiger charge is 2.30. The van der Waals surface area contributed by atoms with Crippen LogP contribution in [0.1, 0.15) is 37.3 Å². The Balaban J connectivity index is 1.72. The van der Waals surface area contributed by atoms with Gasteiger partial charge in [0.05, 0.1) is 13.2 Å². The zero-order chi connectivity index (χ0) is 15.8. The molecule has 1 atom stereocenters. The topological polar surface area (TPSA) is 47.6 Å². The van der Waals surface area contributed by atoms with Gasteiger partial charge in [-0.3, -0.25) is 4.79 Å². The van der Waals surface area contributed by atoms with Crippen molar-refractivity contribution in [2.75, 3.05) is 26.9 Å². The lowest BCUT2D eigenvalue weighted by Gasteiger charge is -2.36. The molecule has 0 heterocycles. The van der Waals surface area contributed by atoms with Gasteiger partial charge in [0.1, 0.15) is 0 Å². The van der Waals surface area contributed by atoms with E-state index in [1.54, 1.807) is 7.11 Å². The third kappa shape index (κ3) is 5.11. The molecule has 0 radical (unpaired) electrons. The third-order valence-corrected chi connectivity index (χ3v) is 4.21. The van der Waals surface area contributed by atoms with E-state index in [0.717, 1.165) is 25.7 Å². The molecule has 1 aliphatic carbocycles. The zero-order valence-electron chi connectivity index (χ0n) is 13.7. The molecule has 4 nitrogen and oxygen atoms in total. The van der Waals surface area contributed by atoms with E-state index in [1.165, 1.54) is 11.1 Å². The lowest BCUT2D eigenvalue weighted by atomic mass is 9.79. The molecule has 1 aromatic rings. The molecule has 0 aromatic heterocycles. The van der Waals surface area contributed by atoms with Crippen molar-refractivity contribution in [3.8, 4) is 0 Å². The van der Waals surface area contributed by atoms with Gasteiger partial charge in [0, 0.05) is 25.7 Å². The molecule has 0 aliphatic heterocycles. The smallest absolute Gasteiger partial charge is 0.220 e. The molecule has 0 spiro atoms. The molecule has 1 aromatic carbocycles. The second-order valence-electron chi connectivity index (χ2n) is 6.26. The van der Waals surface area contributed by atoms with Crippen molar-refractivity contribution in [2.24, 2.45) is 0 Å². The van der Waals surface area contributed by atoms with Gasteiger partial charge in [-0.2, -0.15) is 0 Å². The molecule has 0 bridgehead atoms. The van der Waals surface area contributed by atoms with E-state index in [0.29, 0.717) is 26.2 Å². The number of hydrogen-bond donors (Lipinski definition) is 1. The van der Waals surface area contributed by atoms with Crippen LogP contribution in [0.4, 0.5) is 0 Å². The zero-order valence-corrected chi connectivity index (χ0v) is 13.7. The molecule has 1 aliphatic rings. The van der Waals surface area contributed by atoms with Crippen molar-refractivity contribution in [1.82, 2.24) is 5.32 Å². The van der Waals surface area contributed by atoms with Gasteiger partial charge in [-0.15, -0.1) is 0 Å². The van der Waals surface area contributed by atoms with E-state index < -0.39 is 0 Å². The fourth-order valence-electron chi connectivity index (χ4n) is 2.98. The summed E-state index contributed by atoms with van der Waals surface area (Å²) in [5, 5.41) is 3.22. The van der Waals surface area contributed by atoms with Gasteiger partial charge in [-0.1, -0.05) is 24.3 Å². The summed E-state index contributed by atoms with van der Waals surface area (Å²) in [7, 11) is 1.65. The lowest BCUT2D eigenvalue weighted by Crippen LogP contribution is -2.49. The van der Waals surface area contributed by atoms with Crippen molar-refractivity contribution in [3.63, 3.8) is 0 Å². The van der Waals surface area contributed by atoms with Crippen LogP contribution in [-0.4, -0.2) is 38.4 Å². The van der Waals surface area contributed by atoms with Crippen molar-refractivity contribution < 1.29 is 14.3 Å². The van der Waals surface area contributed by atoms with Gasteiger partial charge < -0.3 is 14.8 Å². The molecular weight excluding hydrogens is 278 g/mol. The van der Waals surface area contributed by atoms with E-state index in [-0.39, 0.29) is 11.4 Å². The fraction of sp³-hybridized carbons (Fsp3) is 0.611. The number of ether oxygens (including phenoxy) is 2. The van der Waals surface area contributed by atoms with Crippen LogP contribution >= 0.6 is 0 Å². The van der Waals surface area contributed by atoms with Gasteiger partial charge >= 0.3 is 0 Å². The molecular formula is C18H27NO3. The number of amides is 1. The second kappa shape index (κ2) is 8.30. The molecule has 0 saturated carbocycles. The monoisotopic (exact) mass is 305 g/mol. The lowest BCUT2D eigenvalue weighted by molar-refractivity contribution is -0.123. The average molecular weight is 305 g/mol. The largest absolute Gasteiger partial charge is 0.382 e. The number of nitrogens with one attached hydrogen (secondary N) is 1. The van der Waals surface area contributed by atoms with Crippen molar-refractivity contribution in [1.29, 1.82) is 0 Å². The minimum absolute atomic E-state index is 0.122. The molecule has 0 fully saturated rings. The van der Waals surface area contributed by atoms with Gasteiger partial charge in [0.2, 0.25) is 5.91 Å². The summed E-state index contributed by atoms with van der Waals surface area (Å²) >= 11 is 0. The molecule has 22 heavy (non-hydrogen) atoms. The predicted octanol–water partition coefficient (Wildman–Crippen LogP) is 2.49. The number of carbonyl (C=O) groups is 1. The number of methoxy groups -OCH3 is 1. The summed E-state index contributed by atoms with van der Waals surface area (Å²) in [5.41, 5.74) is 2.66. The number of hydrogen-bond acceptors (Lipinski definition) is 3. The normalized spacial score (nSPS) is 20.5. The van der Waals surface area contributed by atoms with Crippen LogP contribution in [0.3, 0.4) is 0 Å². The van der Waals surface area contributed by atoms with Crippen molar-refractivity contribution in [2.45, 2.75) is 44.6 Å². The van der Waals surface area contributed by atoms with Gasteiger partial charge in [0.15, 0.2) is 0 Å². The minimum Gasteiger partial charge on any atom is -0.382 e. The van der Waals surface area contributed by atoms with Crippen molar-refractivity contribution in [3.05, 3.63) is 35.4 Å². The molecule has 2 rings (SSSR count). The minimum atomic E-state index is -0.123. The highest BCUT2D eigenvalue weighted by molar-refractivity contribution is 5.76. The number of aryl methyl sites for hydroxylation is 1. The predicted molar refractivity (Wildman–Crippen MR) is 86.9 cm³/mol. The van der Waals surface area contributed by atoms with Gasteiger partial charge in [-0.05, 0) is 43.7 Å². The van der Waals surface area contributed by atoms with Crippen LogP contribution < -0.4 is 5.32 Å². The van der Waals surface area contributed by atoms with Crippen LogP contribution in [0.15, 0.2) is 24.3 Å². The summed E-state index contributed by atoms with van der Waals surface area (Å²) < 4.78 is 10.3. The van der Waals surface area contributed by atoms with Gasteiger partial charge in [-0.25, -0.2) is 0 Å². The maximum absolute atomic E-state index is 12.1. The van der Waals surface area contributed by atoms with Crippen molar-refractivity contribution >= 4 is 5.91 Å². The Kier molecular flexibility index (Phi) is 6.40. The first-order valence-corrected chi connectivity index (χ1v) is 8.07. The molecule has 1 amide bonds.